The van der Waals surface area contributed by atoms with Crippen LogP contribution in [0.15, 0.2) is 18.5 Å². The van der Waals surface area contributed by atoms with E-state index >= 15 is 0 Å². The van der Waals surface area contributed by atoms with Gasteiger partial charge in [-0.05, 0) is 62.3 Å². The minimum absolute atomic E-state index is 0.675. The molecular formula is C18H29N3. The van der Waals surface area contributed by atoms with Crippen molar-refractivity contribution in [2.75, 3.05) is 6.54 Å². The minimum Gasteiger partial charge on any atom is -0.314 e. The van der Waals surface area contributed by atoms with Gasteiger partial charge in [-0.25, -0.2) is 0 Å². The lowest BCUT2D eigenvalue weighted by Crippen LogP contribution is -2.50. The summed E-state index contributed by atoms with van der Waals surface area (Å²) in [5, 5.41) is 7.62. The van der Waals surface area contributed by atoms with Crippen LogP contribution in [0.25, 0.3) is 0 Å². The van der Waals surface area contributed by atoms with E-state index in [0.29, 0.717) is 6.04 Å². The fourth-order valence-electron chi connectivity index (χ4n) is 4.06. The molecule has 2 aliphatic rings. The molecule has 0 radical (unpaired) electrons. The molecule has 0 spiro atoms. The Morgan fingerprint density at radius 2 is 2.05 bits per heavy atom. The average molecular weight is 287 g/mol. The number of nitrogens with one attached hydrogen (secondary N) is 2. The Hall–Kier alpha value is -0.930. The molecular weight excluding hydrogens is 258 g/mol. The Kier molecular flexibility index (Phi) is 5.26. The van der Waals surface area contributed by atoms with E-state index in [1.54, 1.807) is 0 Å². The molecule has 1 aliphatic carbocycles. The normalized spacial score (nSPS) is 30.2. The molecule has 21 heavy (non-hydrogen) atoms. The highest BCUT2D eigenvalue weighted by Crippen LogP contribution is 2.30. The lowest BCUT2D eigenvalue weighted by molar-refractivity contribution is 0.181. The summed E-state index contributed by atoms with van der Waals surface area (Å²) in [6.07, 6.45) is 13.5. The monoisotopic (exact) mass is 287 g/mol. The van der Waals surface area contributed by atoms with Crippen molar-refractivity contribution in [3.63, 3.8) is 0 Å². The third-order valence-electron chi connectivity index (χ3n) is 5.39. The van der Waals surface area contributed by atoms with Gasteiger partial charge in [-0.2, -0.15) is 0 Å². The standard InChI is InChI=1S/C18H29N3/c1-14-9-11-19-12-15(14)13-21-18-7-3-2-6-16(18)17-8-4-5-10-20-17/h9,11-12,16-18,20-21H,2-8,10,13H2,1H3. The van der Waals surface area contributed by atoms with Crippen LogP contribution in [0.2, 0.25) is 0 Å². The molecule has 1 aromatic rings. The lowest BCUT2D eigenvalue weighted by Gasteiger charge is -2.40. The van der Waals surface area contributed by atoms with Crippen molar-refractivity contribution in [1.82, 2.24) is 15.6 Å². The highest BCUT2D eigenvalue weighted by atomic mass is 15.0. The molecule has 1 saturated heterocycles. The molecule has 3 nitrogen and oxygen atoms in total. The van der Waals surface area contributed by atoms with E-state index in [-0.39, 0.29) is 0 Å². The highest BCUT2D eigenvalue weighted by Gasteiger charge is 2.32. The van der Waals surface area contributed by atoms with Crippen molar-refractivity contribution in [2.45, 2.75) is 70.5 Å². The molecule has 1 aromatic heterocycles. The van der Waals surface area contributed by atoms with E-state index < -0.39 is 0 Å². The fraction of sp³-hybridized carbons (Fsp3) is 0.722. The van der Waals surface area contributed by atoms with Crippen LogP contribution in [-0.4, -0.2) is 23.6 Å². The molecule has 1 saturated carbocycles. The number of aromatic nitrogens is 1. The van der Waals surface area contributed by atoms with E-state index in [0.717, 1.165) is 18.5 Å². The van der Waals surface area contributed by atoms with Gasteiger partial charge < -0.3 is 10.6 Å². The average Bonchev–Trinajstić information content (AvgIpc) is 2.55. The van der Waals surface area contributed by atoms with Gasteiger partial charge in [-0.3, -0.25) is 4.98 Å². The van der Waals surface area contributed by atoms with Gasteiger partial charge in [0.25, 0.3) is 0 Å². The van der Waals surface area contributed by atoms with E-state index in [4.69, 9.17) is 0 Å². The van der Waals surface area contributed by atoms with Crippen molar-refractivity contribution >= 4 is 0 Å². The Bertz CT molecular complexity index is 440. The zero-order valence-electron chi connectivity index (χ0n) is 13.3. The summed E-state index contributed by atoms with van der Waals surface area (Å²) >= 11 is 0. The predicted molar refractivity (Wildman–Crippen MR) is 87.2 cm³/mol. The summed E-state index contributed by atoms with van der Waals surface area (Å²) in [6.45, 7) is 4.36. The van der Waals surface area contributed by atoms with Gasteiger partial charge in [0.1, 0.15) is 0 Å². The maximum Gasteiger partial charge on any atom is 0.0315 e. The van der Waals surface area contributed by atoms with E-state index in [1.165, 1.54) is 62.6 Å². The predicted octanol–water partition coefficient (Wildman–Crippen LogP) is 3.18. The Balaban J connectivity index is 1.60. The van der Waals surface area contributed by atoms with E-state index in [1.807, 2.05) is 12.4 Å². The summed E-state index contributed by atoms with van der Waals surface area (Å²) in [6, 6.07) is 3.53. The van der Waals surface area contributed by atoms with Gasteiger partial charge in [-0.1, -0.05) is 19.3 Å². The van der Waals surface area contributed by atoms with Gasteiger partial charge >= 0.3 is 0 Å². The van der Waals surface area contributed by atoms with Crippen LogP contribution < -0.4 is 10.6 Å². The summed E-state index contributed by atoms with van der Waals surface area (Å²) in [4.78, 5) is 4.27. The van der Waals surface area contributed by atoms with Crippen molar-refractivity contribution < 1.29 is 0 Å². The number of hydrogen-bond donors (Lipinski definition) is 2. The van der Waals surface area contributed by atoms with Crippen molar-refractivity contribution in [1.29, 1.82) is 0 Å². The SMILES string of the molecule is Cc1ccncc1CNC1CCCCC1C1CCCCN1. The fourth-order valence-corrected chi connectivity index (χ4v) is 4.06. The number of rotatable bonds is 4. The van der Waals surface area contributed by atoms with Crippen LogP contribution in [0.1, 0.15) is 56.1 Å². The molecule has 0 aromatic carbocycles. The first-order valence-corrected chi connectivity index (χ1v) is 8.71. The highest BCUT2D eigenvalue weighted by molar-refractivity contribution is 5.21. The molecule has 0 amide bonds. The van der Waals surface area contributed by atoms with Crippen molar-refractivity contribution in [2.24, 2.45) is 5.92 Å². The van der Waals surface area contributed by atoms with Gasteiger partial charge in [0.2, 0.25) is 0 Å². The Morgan fingerprint density at radius 3 is 2.86 bits per heavy atom. The number of hydrogen-bond acceptors (Lipinski definition) is 3. The molecule has 0 bridgehead atoms. The van der Waals surface area contributed by atoms with Crippen LogP contribution in [0.3, 0.4) is 0 Å². The Labute approximate surface area is 128 Å². The molecule has 2 heterocycles. The number of piperidine rings is 1. The van der Waals surface area contributed by atoms with Crippen molar-refractivity contribution in [3.05, 3.63) is 29.6 Å². The van der Waals surface area contributed by atoms with Gasteiger partial charge in [0.15, 0.2) is 0 Å². The lowest BCUT2D eigenvalue weighted by atomic mass is 9.77. The van der Waals surface area contributed by atoms with E-state index in [9.17, 15) is 0 Å². The van der Waals surface area contributed by atoms with Crippen LogP contribution in [0.4, 0.5) is 0 Å². The van der Waals surface area contributed by atoms with Crippen LogP contribution in [0.5, 0.6) is 0 Å². The molecule has 3 heteroatoms. The third kappa shape index (κ3) is 3.83. The zero-order chi connectivity index (χ0) is 14.5. The van der Waals surface area contributed by atoms with Crippen LogP contribution in [0, 0.1) is 12.8 Å². The second-order valence-corrected chi connectivity index (χ2v) is 6.79. The maximum absolute atomic E-state index is 4.27. The van der Waals surface area contributed by atoms with Gasteiger partial charge in [0, 0.05) is 31.0 Å². The van der Waals surface area contributed by atoms with Gasteiger partial charge in [-0.15, -0.1) is 0 Å². The number of nitrogens with zero attached hydrogens (tertiary/aromatic N) is 1. The third-order valence-corrected chi connectivity index (χ3v) is 5.39. The molecule has 3 unspecified atom stereocenters. The molecule has 116 valence electrons. The number of aryl methyl sites for hydroxylation is 1. The Morgan fingerprint density at radius 1 is 1.19 bits per heavy atom. The summed E-state index contributed by atoms with van der Waals surface area (Å²) in [5.74, 6) is 0.816. The van der Waals surface area contributed by atoms with Crippen molar-refractivity contribution in [3.8, 4) is 0 Å². The molecule has 2 fully saturated rings. The molecule has 3 rings (SSSR count). The summed E-state index contributed by atoms with van der Waals surface area (Å²) < 4.78 is 0. The van der Waals surface area contributed by atoms with Crippen LogP contribution in [-0.2, 0) is 6.54 Å². The molecule has 3 atom stereocenters. The second kappa shape index (κ2) is 7.37. The zero-order valence-corrected chi connectivity index (χ0v) is 13.3. The minimum atomic E-state index is 0.675. The molecule has 2 N–H and O–H groups in total. The topological polar surface area (TPSA) is 37.0 Å². The summed E-state index contributed by atoms with van der Waals surface area (Å²) in [5.41, 5.74) is 2.69. The molecule has 1 aliphatic heterocycles. The van der Waals surface area contributed by atoms with Gasteiger partial charge in [0.05, 0.1) is 0 Å². The van der Waals surface area contributed by atoms with Crippen LogP contribution >= 0.6 is 0 Å². The first kappa shape index (κ1) is 15.0. The first-order valence-electron chi connectivity index (χ1n) is 8.71. The summed E-state index contributed by atoms with van der Waals surface area (Å²) in [7, 11) is 0. The second-order valence-electron chi connectivity index (χ2n) is 6.79. The van der Waals surface area contributed by atoms with E-state index in [2.05, 4.69) is 28.6 Å². The largest absolute Gasteiger partial charge is 0.314 e. The first-order chi connectivity index (χ1) is 10.3. The quantitative estimate of drug-likeness (QED) is 0.893. The smallest absolute Gasteiger partial charge is 0.0315 e. The maximum atomic E-state index is 4.27. The number of pyridine rings is 1.